The van der Waals surface area contributed by atoms with E-state index >= 15 is 0 Å². The quantitative estimate of drug-likeness (QED) is 0.270. The number of thiazole rings is 1. The summed E-state index contributed by atoms with van der Waals surface area (Å²) in [5.74, 6) is 1.68. The zero-order valence-electron chi connectivity index (χ0n) is 22.4. The van der Waals surface area contributed by atoms with E-state index in [1.807, 2.05) is 31.2 Å². The lowest BCUT2D eigenvalue weighted by Gasteiger charge is -2.25. The Kier molecular flexibility index (Phi) is 7.95. The Bertz CT molecular complexity index is 1780. The molecule has 0 spiro atoms. The number of ether oxygens (including phenoxy) is 3. The zero-order chi connectivity index (χ0) is 28.4. The lowest BCUT2D eigenvalue weighted by Crippen LogP contribution is -2.39. The van der Waals surface area contributed by atoms with Crippen LogP contribution in [0.25, 0.3) is 17.4 Å². The summed E-state index contributed by atoms with van der Waals surface area (Å²) in [4.78, 5) is 32.1. The first kappa shape index (κ1) is 27.5. The molecule has 0 fully saturated rings. The van der Waals surface area contributed by atoms with Gasteiger partial charge in [0, 0.05) is 16.7 Å². The number of hydrogen-bond acceptors (Lipinski definition) is 8. The number of rotatable bonds is 8. The largest absolute Gasteiger partial charge is 0.493 e. The predicted octanol–water partition coefficient (Wildman–Crippen LogP) is 5.12. The van der Waals surface area contributed by atoms with Gasteiger partial charge in [0.2, 0.25) is 0 Å². The number of allylic oxidation sites excluding steroid dienone is 1. The number of furan rings is 1. The maximum absolute atomic E-state index is 13.9. The van der Waals surface area contributed by atoms with Gasteiger partial charge in [-0.2, -0.15) is 0 Å². The van der Waals surface area contributed by atoms with Gasteiger partial charge in [-0.25, -0.2) is 9.79 Å². The minimum absolute atomic E-state index is 0.189. The molecule has 40 heavy (non-hydrogen) atoms. The molecule has 0 aliphatic carbocycles. The van der Waals surface area contributed by atoms with Crippen LogP contribution in [0.3, 0.4) is 0 Å². The summed E-state index contributed by atoms with van der Waals surface area (Å²) in [5, 5.41) is 0.633. The van der Waals surface area contributed by atoms with E-state index in [1.165, 1.54) is 15.9 Å². The van der Waals surface area contributed by atoms with E-state index in [2.05, 4.69) is 4.99 Å². The molecule has 10 heteroatoms. The van der Waals surface area contributed by atoms with E-state index in [-0.39, 0.29) is 17.7 Å². The first-order chi connectivity index (χ1) is 19.3. The van der Waals surface area contributed by atoms with Crippen LogP contribution >= 0.6 is 22.9 Å². The molecule has 1 aliphatic rings. The van der Waals surface area contributed by atoms with Crippen LogP contribution in [0.5, 0.6) is 11.5 Å². The Morgan fingerprint density at radius 3 is 2.58 bits per heavy atom. The van der Waals surface area contributed by atoms with Gasteiger partial charge in [-0.05, 0) is 74.9 Å². The molecule has 1 atom stereocenters. The van der Waals surface area contributed by atoms with Crippen LogP contribution in [-0.2, 0) is 9.53 Å². The molecular weight excluding hydrogens is 552 g/mol. The van der Waals surface area contributed by atoms with Crippen molar-refractivity contribution in [2.75, 3.05) is 20.3 Å². The van der Waals surface area contributed by atoms with Crippen LogP contribution < -0.4 is 24.4 Å². The molecule has 1 unspecified atom stereocenters. The fourth-order valence-corrected chi connectivity index (χ4v) is 5.72. The number of halogens is 1. The standard InChI is InChI=1S/C30H27ClN2O6S/c1-5-37-24-15-19(9-13-23(24)36-4)27-26(29(35)38-6-2)17(3)32-30-33(27)28(34)25(40-30)16-21-12-14-22(39-21)18-7-10-20(31)11-8-18/h7-16,27H,5-6H2,1-4H3/b25-16+. The zero-order valence-corrected chi connectivity index (χ0v) is 24.0. The van der Waals surface area contributed by atoms with E-state index in [0.29, 0.717) is 55.2 Å². The molecule has 0 radical (unpaired) electrons. The summed E-state index contributed by atoms with van der Waals surface area (Å²) in [6.07, 6.45) is 1.68. The highest BCUT2D eigenvalue weighted by Gasteiger charge is 2.34. The van der Waals surface area contributed by atoms with Gasteiger partial charge in [-0.15, -0.1) is 0 Å². The molecule has 2 aromatic heterocycles. The molecule has 3 heterocycles. The first-order valence-electron chi connectivity index (χ1n) is 12.7. The van der Waals surface area contributed by atoms with E-state index in [4.69, 9.17) is 30.2 Å². The van der Waals surface area contributed by atoms with Crippen molar-refractivity contribution in [1.82, 2.24) is 4.57 Å². The predicted molar refractivity (Wildman–Crippen MR) is 154 cm³/mol. The molecule has 0 saturated carbocycles. The monoisotopic (exact) mass is 578 g/mol. The van der Waals surface area contributed by atoms with Crippen molar-refractivity contribution < 1.29 is 23.4 Å². The number of benzene rings is 2. The smallest absolute Gasteiger partial charge is 0.338 e. The summed E-state index contributed by atoms with van der Waals surface area (Å²) in [6.45, 7) is 5.96. The van der Waals surface area contributed by atoms with Crippen LogP contribution in [0, 0.1) is 0 Å². The normalized spacial score (nSPS) is 15.0. The molecule has 0 saturated heterocycles. The van der Waals surface area contributed by atoms with E-state index in [1.54, 1.807) is 57.4 Å². The van der Waals surface area contributed by atoms with Gasteiger partial charge in [-0.1, -0.05) is 29.0 Å². The summed E-state index contributed by atoms with van der Waals surface area (Å²) in [5.41, 5.74) is 1.99. The van der Waals surface area contributed by atoms with Crippen molar-refractivity contribution in [2.24, 2.45) is 4.99 Å². The van der Waals surface area contributed by atoms with Crippen molar-refractivity contribution in [3.63, 3.8) is 0 Å². The third-order valence-electron chi connectivity index (χ3n) is 6.35. The third-order valence-corrected chi connectivity index (χ3v) is 7.58. The Balaban J connectivity index is 1.65. The average molecular weight is 579 g/mol. The van der Waals surface area contributed by atoms with Crippen molar-refractivity contribution >= 4 is 35.0 Å². The maximum Gasteiger partial charge on any atom is 0.338 e. The van der Waals surface area contributed by atoms with Crippen LogP contribution in [-0.4, -0.2) is 30.9 Å². The SMILES string of the molecule is CCOC(=O)C1=C(C)N=c2s/c(=C/c3ccc(-c4ccc(Cl)cc4)o3)c(=O)n2C1c1ccc(OC)c(OCC)c1. The molecule has 0 N–H and O–H groups in total. The third kappa shape index (κ3) is 5.22. The number of fused-ring (bicyclic) bond motifs is 1. The highest BCUT2D eigenvalue weighted by atomic mass is 35.5. The molecule has 4 aromatic rings. The second kappa shape index (κ2) is 11.6. The first-order valence-corrected chi connectivity index (χ1v) is 13.9. The highest BCUT2D eigenvalue weighted by Crippen LogP contribution is 2.36. The van der Waals surface area contributed by atoms with Gasteiger partial charge in [0.1, 0.15) is 11.5 Å². The highest BCUT2D eigenvalue weighted by molar-refractivity contribution is 7.07. The lowest BCUT2D eigenvalue weighted by molar-refractivity contribution is -0.139. The molecule has 2 aromatic carbocycles. The fraction of sp³-hybridized carbons (Fsp3) is 0.233. The fourth-order valence-electron chi connectivity index (χ4n) is 4.57. The van der Waals surface area contributed by atoms with Crippen molar-refractivity contribution in [1.29, 1.82) is 0 Å². The van der Waals surface area contributed by atoms with E-state index in [0.717, 1.165) is 5.56 Å². The number of carbonyl (C=O) groups is 1. The Labute approximate surface area is 239 Å². The lowest BCUT2D eigenvalue weighted by atomic mass is 9.95. The van der Waals surface area contributed by atoms with Crippen LogP contribution in [0.2, 0.25) is 5.02 Å². The summed E-state index contributed by atoms with van der Waals surface area (Å²) < 4.78 is 24.6. The summed E-state index contributed by atoms with van der Waals surface area (Å²) >= 11 is 7.23. The molecule has 8 nitrogen and oxygen atoms in total. The molecule has 206 valence electrons. The molecule has 0 amide bonds. The van der Waals surface area contributed by atoms with Crippen LogP contribution in [0.1, 0.15) is 38.1 Å². The van der Waals surface area contributed by atoms with Gasteiger partial charge >= 0.3 is 5.97 Å². The number of carbonyl (C=O) groups excluding carboxylic acids is 1. The van der Waals surface area contributed by atoms with Gasteiger partial charge < -0.3 is 18.6 Å². The topological polar surface area (TPSA) is 92.3 Å². The van der Waals surface area contributed by atoms with Crippen molar-refractivity contribution in [2.45, 2.75) is 26.8 Å². The molecular formula is C30H27ClN2O6S. The summed E-state index contributed by atoms with van der Waals surface area (Å²) in [6, 6.07) is 15.5. The maximum atomic E-state index is 13.9. The Morgan fingerprint density at radius 1 is 1.10 bits per heavy atom. The number of nitrogens with zero attached hydrogens (tertiary/aromatic N) is 2. The number of aromatic nitrogens is 1. The van der Waals surface area contributed by atoms with Gasteiger partial charge in [0.15, 0.2) is 16.3 Å². The van der Waals surface area contributed by atoms with Gasteiger partial charge in [0.25, 0.3) is 5.56 Å². The molecule has 1 aliphatic heterocycles. The van der Waals surface area contributed by atoms with Gasteiger partial charge in [-0.3, -0.25) is 9.36 Å². The minimum atomic E-state index is -0.774. The Morgan fingerprint density at radius 2 is 1.88 bits per heavy atom. The summed E-state index contributed by atoms with van der Waals surface area (Å²) in [7, 11) is 1.56. The molecule has 5 rings (SSSR count). The minimum Gasteiger partial charge on any atom is -0.493 e. The second-order valence-electron chi connectivity index (χ2n) is 8.85. The van der Waals surface area contributed by atoms with Gasteiger partial charge in [0.05, 0.1) is 42.2 Å². The average Bonchev–Trinajstić information content (AvgIpc) is 3.53. The molecule has 0 bridgehead atoms. The number of esters is 1. The number of hydrogen-bond donors (Lipinski definition) is 0. The second-order valence-corrected chi connectivity index (χ2v) is 10.3. The van der Waals surface area contributed by atoms with Crippen molar-refractivity contribution in [3.05, 3.63) is 102 Å². The Hall–Kier alpha value is -4.08. The van der Waals surface area contributed by atoms with Crippen LogP contribution in [0.15, 0.2) is 80.1 Å². The number of methoxy groups -OCH3 is 1. The van der Waals surface area contributed by atoms with E-state index < -0.39 is 12.0 Å². The van der Waals surface area contributed by atoms with Crippen molar-refractivity contribution in [3.8, 4) is 22.8 Å². The van der Waals surface area contributed by atoms with E-state index in [9.17, 15) is 9.59 Å². The van der Waals surface area contributed by atoms with Crippen LogP contribution in [0.4, 0.5) is 0 Å².